The van der Waals surface area contributed by atoms with Crippen molar-refractivity contribution in [1.82, 2.24) is 25.4 Å². The van der Waals surface area contributed by atoms with E-state index in [9.17, 15) is 0 Å². The van der Waals surface area contributed by atoms with Gasteiger partial charge in [-0.2, -0.15) is 10.2 Å². The third kappa shape index (κ3) is 3.95. The highest BCUT2D eigenvalue weighted by Crippen LogP contribution is 2.28. The molecule has 0 aliphatic heterocycles. The van der Waals surface area contributed by atoms with Gasteiger partial charge >= 0.3 is 0 Å². The zero-order chi connectivity index (χ0) is 20.8. The minimum Gasteiger partial charge on any atom is -0.277 e. The molecule has 0 fully saturated rings. The van der Waals surface area contributed by atoms with Gasteiger partial charge in [0.1, 0.15) is 0 Å². The second-order valence-corrected chi connectivity index (χ2v) is 6.53. The van der Waals surface area contributed by atoms with Gasteiger partial charge in [-0.25, -0.2) is 0 Å². The van der Waals surface area contributed by atoms with Gasteiger partial charge in [0.05, 0.1) is 22.8 Å². The lowest BCUT2D eigenvalue weighted by atomic mass is 10.1. The quantitative estimate of drug-likeness (QED) is 0.369. The van der Waals surface area contributed by atoms with Gasteiger partial charge in [0.15, 0.2) is 0 Å². The highest BCUT2D eigenvalue weighted by atomic mass is 15.1. The molecule has 0 saturated heterocycles. The fourth-order valence-corrected chi connectivity index (χ4v) is 3.19. The van der Waals surface area contributed by atoms with Gasteiger partial charge in [0.25, 0.3) is 0 Å². The molecule has 5 nitrogen and oxygen atoms in total. The summed E-state index contributed by atoms with van der Waals surface area (Å²) in [5, 5.41) is 15.1. The maximum Gasteiger partial charge on any atom is 0.0942 e. The van der Waals surface area contributed by atoms with Crippen LogP contribution in [0.25, 0.3) is 45.0 Å². The van der Waals surface area contributed by atoms with Crippen LogP contribution in [0.4, 0.5) is 0 Å². The molecule has 5 heteroatoms. The molecule has 5 aromatic rings. The number of aromatic amines is 2. The van der Waals surface area contributed by atoms with Crippen LogP contribution in [0.2, 0.25) is 0 Å². The molecule has 5 rings (SSSR count). The van der Waals surface area contributed by atoms with Crippen LogP contribution in [-0.4, -0.2) is 25.4 Å². The number of H-pyrrole nitrogens is 2. The molecule has 0 spiro atoms. The van der Waals surface area contributed by atoms with Gasteiger partial charge in [0, 0.05) is 23.5 Å². The number of benzene rings is 2. The van der Waals surface area contributed by atoms with Crippen LogP contribution in [-0.2, 0) is 0 Å². The van der Waals surface area contributed by atoms with Crippen molar-refractivity contribution in [3.05, 3.63) is 104 Å². The Bertz CT molecular complexity index is 1130. The van der Waals surface area contributed by atoms with Crippen LogP contribution in [0.1, 0.15) is 0 Å². The number of rotatable bonds is 4. The summed E-state index contributed by atoms with van der Waals surface area (Å²) in [7, 11) is 0. The van der Waals surface area contributed by atoms with Gasteiger partial charge in [0.2, 0.25) is 0 Å². The molecule has 0 atom stereocenters. The molecule has 2 aromatic carbocycles. The second-order valence-electron chi connectivity index (χ2n) is 6.53. The van der Waals surface area contributed by atoms with Crippen molar-refractivity contribution >= 4 is 0 Å². The van der Waals surface area contributed by atoms with Gasteiger partial charge in [-0.3, -0.25) is 15.2 Å². The SMILES string of the molecule is C=C.c1ccc(-c2cc(-c3cncc(-c4cc(-c5ccccc5)[nH]n4)c3)n[nH]2)cc1. The Labute approximate surface area is 175 Å². The Morgan fingerprint density at radius 1 is 0.533 bits per heavy atom. The van der Waals surface area contributed by atoms with Crippen molar-refractivity contribution < 1.29 is 0 Å². The van der Waals surface area contributed by atoms with E-state index in [0.717, 1.165) is 45.0 Å². The molecule has 2 N–H and O–H groups in total. The van der Waals surface area contributed by atoms with Gasteiger partial charge in [-0.1, -0.05) is 60.7 Å². The molecule has 0 saturated carbocycles. The first-order valence-corrected chi connectivity index (χ1v) is 9.54. The van der Waals surface area contributed by atoms with Crippen LogP contribution < -0.4 is 0 Å². The van der Waals surface area contributed by atoms with Gasteiger partial charge < -0.3 is 0 Å². The Kier molecular flexibility index (Phi) is 5.62. The Hall–Kier alpha value is -4.25. The highest BCUT2D eigenvalue weighted by Gasteiger charge is 2.10. The zero-order valence-corrected chi connectivity index (χ0v) is 16.4. The molecular weight excluding hydrogens is 370 g/mol. The van der Waals surface area contributed by atoms with E-state index in [1.807, 2.05) is 60.9 Å². The zero-order valence-electron chi connectivity index (χ0n) is 16.4. The lowest BCUT2D eigenvalue weighted by molar-refractivity contribution is 1.09. The molecular formula is C25H21N5. The van der Waals surface area contributed by atoms with Crippen molar-refractivity contribution in [2.45, 2.75) is 0 Å². The average Bonchev–Trinajstić information content (AvgIpc) is 3.52. The van der Waals surface area contributed by atoms with Crippen molar-refractivity contribution in [1.29, 1.82) is 0 Å². The summed E-state index contributed by atoms with van der Waals surface area (Å²) >= 11 is 0. The van der Waals surface area contributed by atoms with Crippen molar-refractivity contribution in [2.75, 3.05) is 0 Å². The minimum absolute atomic E-state index is 0.854. The molecule has 0 amide bonds. The first-order chi connectivity index (χ1) is 14.9. The standard InChI is InChI=1S/C23H17N5.C2H4/c1-3-7-16(8-4-1)20-12-22(27-25-20)18-11-19(15-24-14-18)23-13-21(26-28-23)17-9-5-2-6-10-17;1-2/h1-15H,(H,25,27)(H,26,28);1-2H2. The molecule has 3 heterocycles. The van der Waals surface area contributed by atoms with Crippen molar-refractivity contribution in [3.63, 3.8) is 0 Å². The predicted octanol–water partition coefficient (Wildman–Crippen LogP) is 6.00. The van der Waals surface area contributed by atoms with E-state index in [2.05, 4.69) is 68.9 Å². The molecule has 0 radical (unpaired) electrons. The third-order valence-electron chi connectivity index (χ3n) is 4.66. The number of hydrogen-bond donors (Lipinski definition) is 2. The maximum absolute atomic E-state index is 4.46. The number of pyridine rings is 1. The summed E-state index contributed by atoms with van der Waals surface area (Å²) in [6, 6.07) is 26.4. The van der Waals surface area contributed by atoms with E-state index in [0.29, 0.717) is 0 Å². The smallest absolute Gasteiger partial charge is 0.0942 e. The number of aromatic nitrogens is 5. The van der Waals surface area contributed by atoms with E-state index in [4.69, 9.17) is 0 Å². The monoisotopic (exact) mass is 391 g/mol. The fraction of sp³-hybridized carbons (Fsp3) is 0. The normalized spacial score (nSPS) is 10.3. The summed E-state index contributed by atoms with van der Waals surface area (Å²) in [4.78, 5) is 4.39. The molecule has 0 aliphatic rings. The summed E-state index contributed by atoms with van der Waals surface area (Å²) < 4.78 is 0. The van der Waals surface area contributed by atoms with Gasteiger partial charge in [-0.05, 0) is 29.3 Å². The molecule has 0 aliphatic carbocycles. The third-order valence-corrected chi connectivity index (χ3v) is 4.66. The molecule has 0 unspecified atom stereocenters. The highest BCUT2D eigenvalue weighted by molar-refractivity contribution is 5.73. The summed E-state index contributed by atoms with van der Waals surface area (Å²) in [5.74, 6) is 0. The van der Waals surface area contributed by atoms with E-state index < -0.39 is 0 Å². The van der Waals surface area contributed by atoms with Crippen LogP contribution in [0, 0.1) is 0 Å². The molecule has 146 valence electrons. The number of nitrogens with one attached hydrogen (secondary N) is 2. The topological polar surface area (TPSA) is 70.2 Å². The van der Waals surface area contributed by atoms with Crippen molar-refractivity contribution in [3.8, 4) is 45.0 Å². The number of nitrogens with zero attached hydrogens (tertiary/aromatic N) is 3. The summed E-state index contributed by atoms with van der Waals surface area (Å²) in [5.41, 5.74) is 7.76. The molecule has 30 heavy (non-hydrogen) atoms. The first-order valence-electron chi connectivity index (χ1n) is 9.54. The fourth-order valence-electron chi connectivity index (χ4n) is 3.19. The van der Waals surface area contributed by atoms with Crippen LogP contribution >= 0.6 is 0 Å². The minimum atomic E-state index is 0.854. The van der Waals surface area contributed by atoms with Crippen LogP contribution in [0.5, 0.6) is 0 Å². The van der Waals surface area contributed by atoms with Crippen LogP contribution in [0.15, 0.2) is 104 Å². The lowest BCUT2D eigenvalue weighted by Gasteiger charge is -1.99. The average molecular weight is 391 g/mol. The van der Waals surface area contributed by atoms with Crippen LogP contribution in [0.3, 0.4) is 0 Å². The maximum atomic E-state index is 4.46. The van der Waals surface area contributed by atoms with E-state index >= 15 is 0 Å². The second kappa shape index (κ2) is 8.84. The molecule has 0 bridgehead atoms. The Morgan fingerprint density at radius 2 is 0.967 bits per heavy atom. The Balaban J connectivity index is 0.00000106. The first kappa shape index (κ1) is 19.1. The van der Waals surface area contributed by atoms with E-state index in [-0.39, 0.29) is 0 Å². The Morgan fingerprint density at radius 3 is 1.40 bits per heavy atom. The summed E-state index contributed by atoms with van der Waals surface area (Å²) in [6.45, 7) is 6.00. The summed E-state index contributed by atoms with van der Waals surface area (Å²) in [6.07, 6.45) is 3.64. The predicted molar refractivity (Wildman–Crippen MR) is 122 cm³/mol. The van der Waals surface area contributed by atoms with Crippen molar-refractivity contribution in [2.24, 2.45) is 0 Å². The van der Waals surface area contributed by atoms with E-state index in [1.165, 1.54) is 0 Å². The van der Waals surface area contributed by atoms with Gasteiger partial charge in [-0.15, -0.1) is 13.2 Å². The number of hydrogen-bond acceptors (Lipinski definition) is 3. The lowest BCUT2D eigenvalue weighted by Crippen LogP contribution is -1.84. The molecule has 3 aromatic heterocycles. The van der Waals surface area contributed by atoms with E-state index in [1.54, 1.807) is 0 Å². The largest absolute Gasteiger partial charge is 0.277 e.